The van der Waals surface area contributed by atoms with Crippen LogP contribution in [0.2, 0.25) is 0 Å². The van der Waals surface area contributed by atoms with Gasteiger partial charge in [-0.05, 0) is 19.9 Å². The molecule has 2 aromatic rings. The third-order valence-corrected chi connectivity index (χ3v) is 3.30. The highest BCUT2D eigenvalue weighted by molar-refractivity contribution is 6.17. The molecule has 5 nitrogen and oxygen atoms in total. The molecule has 2 rings (SSSR count). The number of fused-ring (bicyclic) bond motifs is 1. The van der Waals surface area contributed by atoms with Gasteiger partial charge in [-0.25, -0.2) is 4.98 Å². The Morgan fingerprint density at radius 3 is 2.80 bits per heavy atom. The molecule has 0 saturated carbocycles. The number of aromatic nitrogens is 3. The van der Waals surface area contributed by atoms with Crippen molar-refractivity contribution in [2.75, 3.05) is 26.2 Å². The van der Waals surface area contributed by atoms with Crippen molar-refractivity contribution in [1.29, 1.82) is 0 Å². The fourth-order valence-corrected chi connectivity index (χ4v) is 2.37. The molecule has 0 saturated heterocycles. The van der Waals surface area contributed by atoms with Crippen LogP contribution in [0.4, 0.5) is 0 Å². The maximum atomic E-state index is 5.87. The van der Waals surface area contributed by atoms with Crippen LogP contribution >= 0.6 is 11.6 Å². The first-order valence-corrected chi connectivity index (χ1v) is 7.30. The average Bonchev–Trinajstić information content (AvgIpc) is 2.82. The maximum Gasteiger partial charge on any atom is 0.215 e. The molecule has 1 atom stereocenters. The minimum atomic E-state index is 0.151. The van der Waals surface area contributed by atoms with Crippen LogP contribution in [0.1, 0.15) is 25.7 Å². The van der Waals surface area contributed by atoms with Gasteiger partial charge in [0, 0.05) is 25.0 Å². The van der Waals surface area contributed by atoms with E-state index in [9.17, 15) is 0 Å². The monoisotopic (exact) mass is 297 g/mol. The van der Waals surface area contributed by atoms with Crippen molar-refractivity contribution in [1.82, 2.24) is 14.5 Å². The van der Waals surface area contributed by atoms with Crippen LogP contribution in [-0.4, -0.2) is 40.7 Å². The second-order valence-electron chi connectivity index (χ2n) is 4.54. The van der Waals surface area contributed by atoms with E-state index >= 15 is 0 Å². The van der Waals surface area contributed by atoms with Gasteiger partial charge in [-0.15, -0.1) is 11.6 Å². The summed E-state index contributed by atoms with van der Waals surface area (Å²) < 4.78 is 12.8. The molecule has 110 valence electrons. The predicted molar refractivity (Wildman–Crippen MR) is 79.7 cm³/mol. The third-order valence-electron chi connectivity index (χ3n) is 3.12. The number of alkyl halides is 1. The molecule has 0 radical (unpaired) electrons. The van der Waals surface area contributed by atoms with E-state index in [2.05, 4.69) is 21.5 Å². The quantitative estimate of drug-likeness (QED) is 0.737. The summed E-state index contributed by atoms with van der Waals surface area (Å²) in [6.45, 7) is 5.39. The van der Waals surface area contributed by atoms with Gasteiger partial charge in [0.1, 0.15) is 11.3 Å². The zero-order valence-electron chi connectivity index (χ0n) is 12.1. The minimum Gasteiger partial charge on any atom is -0.481 e. The van der Waals surface area contributed by atoms with Crippen LogP contribution < -0.4 is 4.74 Å². The SMILES string of the molecule is CCOCC(C)n1c(CCCl)nc2ccc(OC)nc21. The number of imidazole rings is 1. The molecule has 20 heavy (non-hydrogen) atoms. The lowest BCUT2D eigenvalue weighted by molar-refractivity contribution is 0.119. The van der Waals surface area contributed by atoms with Crippen LogP contribution in [0, 0.1) is 0 Å². The Hall–Kier alpha value is -1.33. The molecular formula is C14H20ClN3O2. The molecule has 0 N–H and O–H groups in total. The number of hydrogen-bond donors (Lipinski definition) is 0. The molecule has 1 unspecified atom stereocenters. The van der Waals surface area contributed by atoms with Crippen molar-refractivity contribution >= 4 is 22.8 Å². The molecule has 2 heterocycles. The standard InChI is InChI=1S/C14H20ClN3O2/c1-4-20-9-10(2)18-12(7-8-15)16-11-5-6-13(19-3)17-14(11)18/h5-6,10H,4,7-9H2,1-3H3. The second kappa shape index (κ2) is 6.90. The maximum absolute atomic E-state index is 5.87. The lowest BCUT2D eigenvalue weighted by atomic mass is 10.3. The number of nitrogens with zero attached hydrogens (tertiary/aromatic N) is 3. The largest absolute Gasteiger partial charge is 0.481 e. The van der Waals surface area contributed by atoms with Crippen molar-refractivity contribution in [2.45, 2.75) is 26.3 Å². The Bertz CT molecular complexity index is 571. The number of halogens is 1. The normalized spacial score (nSPS) is 12.8. The van der Waals surface area contributed by atoms with E-state index in [-0.39, 0.29) is 6.04 Å². The third kappa shape index (κ3) is 3.04. The number of rotatable bonds is 7. The molecule has 0 aromatic carbocycles. The van der Waals surface area contributed by atoms with E-state index in [0.29, 0.717) is 31.4 Å². The number of hydrogen-bond acceptors (Lipinski definition) is 4. The highest BCUT2D eigenvalue weighted by Gasteiger charge is 2.17. The van der Waals surface area contributed by atoms with Gasteiger partial charge in [0.05, 0.1) is 19.8 Å². The average molecular weight is 298 g/mol. The summed E-state index contributed by atoms with van der Waals surface area (Å²) in [5.74, 6) is 2.05. The van der Waals surface area contributed by atoms with E-state index in [4.69, 9.17) is 21.1 Å². The van der Waals surface area contributed by atoms with Crippen molar-refractivity contribution < 1.29 is 9.47 Å². The van der Waals surface area contributed by atoms with Crippen molar-refractivity contribution in [2.24, 2.45) is 0 Å². The predicted octanol–water partition coefficient (Wildman–Crippen LogP) is 2.82. The van der Waals surface area contributed by atoms with Gasteiger partial charge in [0.25, 0.3) is 0 Å². The Kier molecular flexibility index (Phi) is 5.20. The first kappa shape index (κ1) is 15.1. The molecular weight excluding hydrogens is 278 g/mol. The highest BCUT2D eigenvalue weighted by Crippen LogP contribution is 2.23. The fraction of sp³-hybridized carbons (Fsp3) is 0.571. The second-order valence-corrected chi connectivity index (χ2v) is 4.92. The van der Waals surface area contributed by atoms with Crippen LogP contribution in [0.5, 0.6) is 5.88 Å². The number of pyridine rings is 1. The van der Waals surface area contributed by atoms with E-state index in [1.807, 2.05) is 19.1 Å². The number of methoxy groups -OCH3 is 1. The number of aryl methyl sites for hydroxylation is 1. The van der Waals surface area contributed by atoms with Crippen LogP contribution in [0.15, 0.2) is 12.1 Å². The van der Waals surface area contributed by atoms with Crippen molar-refractivity contribution in [3.63, 3.8) is 0 Å². The Morgan fingerprint density at radius 2 is 2.15 bits per heavy atom. The van der Waals surface area contributed by atoms with Gasteiger partial charge >= 0.3 is 0 Å². The van der Waals surface area contributed by atoms with E-state index in [1.165, 1.54) is 0 Å². The first-order chi connectivity index (χ1) is 9.71. The lowest BCUT2D eigenvalue weighted by Gasteiger charge is -2.16. The summed E-state index contributed by atoms with van der Waals surface area (Å²) in [6.07, 6.45) is 0.705. The highest BCUT2D eigenvalue weighted by atomic mass is 35.5. The van der Waals surface area contributed by atoms with Crippen LogP contribution in [0.3, 0.4) is 0 Å². The summed E-state index contributed by atoms with van der Waals surface area (Å²) in [6, 6.07) is 3.89. The Balaban J connectivity index is 2.47. The van der Waals surface area contributed by atoms with Gasteiger partial charge in [0.2, 0.25) is 5.88 Å². The molecule has 0 bridgehead atoms. The molecule has 0 spiro atoms. The summed E-state index contributed by atoms with van der Waals surface area (Å²) in [7, 11) is 1.61. The molecule has 0 amide bonds. The fourth-order valence-electron chi connectivity index (χ4n) is 2.20. The smallest absolute Gasteiger partial charge is 0.215 e. The molecule has 0 aliphatic heterocycles. The van der Waals surface area contributed by atoms with Crippen LogP contribution in [0.25, 0.3) is 11.2 Å². The van der Waals surface area contributed by atoms with Gasteiger partial charge in [0.15, 0.2) is 5.65 Å². The van der Waals surface area contributed by atoms with Gasteiger partial charge in [-0.1, -0.05) is 0 Å². The Labute approximate surface area is 123 Å². The minimum absolute atomic E-state index is 0.151. The summed E-state index contributed by atoms with van der Waals surface area (Å²) in [5.41, 5.74) is 1.67. The first-order valence-electron chi connectivity index (χ1n) is 6.76. The zero-order chi connectivity index (χ0) is 14.5. The molecule has 2 aromatic heterocycles. The van der Waals surface area contributed by atoms with Crippen LogP contribution in [-0.2, 0) is 11.2 Å². The lowest BCUT2D eigenvalue weighted by Crippen LogP contribution is -2.16. The van der Waals surface area contributed by atoms with E-state index in [0.717, 1.165) is 17.0 Å². The van der Waals surface area contributed by atoms with Gasteiger partial charge in [-0.3, -0.25) is 0 Å². The van der Waals surface area contributed by atoms with Gasteiger partial charge in [-0.2, -0.15) is 4.98 Å². The van der Waals surface area contributed by atoms with E-state index < -0.39 is 0 Å². The number of ether oxygens (including phenoxy) is 2. The van der Waals surface area contributed by atoms with E-state index in [1.54, 1.807) is 7.11 Å². The van der Waals surface area contributed by atoms with Gasteiger partial charge < -0.3 is 14.0 Å². The molecule has 0 aliphatic carbocycles. The summed E-state index contributed by atoms with van der Waals surface area (Å²) in [4.78, 5) is 9.12. The van der Waals surface area contributed by atoms with Crippen molar-refractivity contribution in [3.8, 4) is 5.88 Å². The summed E-state index contributed by atoms with van der Waals surface area (Å²) in [5, 5.41) is 0. The topological polar surface area (TPSA) is 49.2 Å². The zero-order valence-corrected chi connectivity index (χ0v) is 12.9. The molecule has 6 heteroatoms. The molecule has 0 aliphatic rings. The Morgan fingerprint density at radius 1 is 1.35 bits per heavy atom. The molecule has 0 fully saturated rings. The van der Waals surface area contributed by atoms with Crippen molar-refractivity contribution in [3.05, 3.63) is 18.0 Å². The summed E-state index contributed by atoms with van der Waals surface area (Å²) >= 11 is 5.87.